The van der Waals surface area contributed by atoms with Gasteiger partial charge < -0.3 is 20.1 Å². The normalized spacial score (nSPS) is 10.3. The zero-order valence-electron chi connectivity index (χ0n) is 12.5. The standard InChI is InChI=1S/C15H24N2O3/c1-4-5-8-19-9-10-20-14-7-6-12(11-13(14)16)15(18)17(2)3/h6-7,11H,4-5,8-10,16H2,1-3H3. The van der Waals surface area contributed by atoms with Crippen LogP contribution in [0.3, 0.4) is 0 Å². The van der Waals surface area contributed by atoms with E-state index in [0.29, 0.717) is 30.2 Å². The van der Waals surface area contributed by atoms with E-state index in [9.17, 15) is 4.79 Å². The molecule has 0 spiro atoms. The third-order valence-electron chi connectivity index (χ3n) is 2.79. The molecule has 5 nitrogen and oxygen atoms in total. The largest absolute Gasteiger partial charge is 0.489 e. The van der Waals surface area contributed by atoms with Crippen LogP contribution in [0.5, 0.6) is 5.75 Å². The molecule has 0 aliphatic heterocycles. The Morgan fingerprint density at radius 3 is 2.60 bits per heavy atom. The number of hydrogen-bond acceptors (Lipinski definition) is 4. The minimum Gasteiger partial charge on any atom is -0.489 e. The van der Waals surface area contributed by atoms with Crippen LogP contribution >= 0.6 is 0 Å². The Hall–Kier alpha value is -1.75. The lowest BCUT2D eigenvalue weighted by Crippen LogP contribution is -2.21. The van der Waals surface area contributed by atoms with Crippen molar-refractivity contribution in [3.8, 4) is 5.75 Å². The second-order valence-corrected chi connectivity index (χ2v) is 4.77. The molecule has 0 radical (unpaired) electrons. The summed E-state index contributed by atoms with van der Waals surface area (Å²) < 4.78 is 10.9. The molecule has 0 aliphatic carbocycles. The maximum Gasteiger partial charge on any atom is 0.253 e. The van der Waals surface area contributed by atoms with E-state index in [1.54, 1.807) is 32.3 Å². The van der Waals surface area contributed by atoms with Gasteiger partial charge in [-0.05, 0) is 24.6 Å². The van der Waals surface area contributed by atoms with Gasteiger partial charge in [0.05, 0.1) is 12.3 Å². The SMILES string of the molecule is CCCCOCCOc1ccc(C(=O)N(C)C)cc1N. The summed E-state index contributed by atoms with van der Waals surface area (Å²) in [6.07, 6.45) is 2.18. The molecule has 5 heteroatoms. The van der Waals surface area contributed by atoms with Crippen LogP contribution in [0.25, 0.3) is 0 Å². The highest BCUT2D eigenvalue weighted by molar-refractivity contribution is 5.95. The first-order chi connectivity index (χ1) is 9.56. The Labute approximate surface area is 120 Å². The number of benzene rings is 1. The van der Waals surface area contributed by atoms with Crippen molar-refractivity contribution in [2.75, 3.05) is 39.6 Å². The zero-order chi connectivity index (χ0) is 15.0. The van der Waals surface area contributed by atoms with Gasteiger partial charge in [0, 0.05) is 26.3 Å². The average Bonchev–Trinajstić information content (AvgIpc) is 2.43. The molecule has 1 rings (SSSR count). The summed E-state index contributed by atoms with van der Waals surface area (Å²) >= 11 is 0. The minimum absolute atomic E-state index is 0.0776. The van der Waals surface area contributed by atoms with Gasteiger partial charge in [0.15, 0.2) is 0 Å². The summed E-state index contributed by atoms with van der Waals surface area (Å²) in [5.74, 6) is 0.505. The van der Waals surface area contributed by atoms with Gasteiger partial charge in [-0.2, -0.15) is 0 Å². The van der Waals surface area contributed by atoms with Crippen molar-refractivity contribution < 1.29 is 14.3 Å². The first kappa shape index (κ1) is 16.3. The molecule has 0 fully saturated rings. The molecule has 0 aromatic heterocycles. The van der Waals surface area contributed by atoms with Crippen LogP contribution in [0, 0.1) is 0 Å². The van der Waals surface area contributed by atoms with E-state index in [-0.39, 0.29) is 5.91 Å². The molecule has 1 amide bonds. The smallest absolute Gasteiger partial charge is 0.253 e. The topological polar surface area (TPSA) is 64.8 Å². The van der Waals surface area contributed by atoms with Crippen molar-refractivity contribution in [1.82, 2.24) is 4.90 Å². The lowest BCUT2D eigenvalue weighted by molar-refractivity contribution is 0.0827. The Morgan fingerprint density at radius 2 is 2.00 bits per heavy atom. The highest BCUT2D eigenvalue weighted by Crippen LogP contribution is 2.22. The van der Waals surface area contributed by atoms with Gasteiger partial charge in [0.2, 0.25) is 0 Å². The summed E-state index contributed by atoms with van der Waals surface area (Å²) in [4.78, 5) is 13.3. The van der Waals surface area contributed by atoms with E-state index in [1.165, 1.54) is 4.90 Å². The van der Waals surface area contributed by atoms with Gasteiger partial charge in [-0.3, -0.25) is 4.79 Å². The summed E-state index contributed by atoms with van der Waals surface area (Å²) in [6, 6.07) is 5.07. The Morgan fingerprint density at radius 1 is 1.25 bits per heavy atom. The third-order valence-corrected chi connectivity index (χ3v) is 2.79. The zero-order valence-corrected chi connectivity index (χ0v) is 12.5. The fraction of sp³-hybridized carbons (Fsp3) is 0.533. The van der Waals surface area contributed by atoms with Gasteiger partial charge in [-0.25, -0.2) is 0 Å². The van der Waals surface area contributed by atoms with E-state index in [2.05, 4.69) is 6.92 Å². The van der Waals surface area contributed by atoms with Crippen LogP contribution in [-0.2, 0) is 4.74 Å². The Balaban J connectivity index is 2.46. The van der Waals surface area contributed by atoms with Crippen LogP contribution < -0.4 is 10.5 Å². The van der Waals surface area contributed by atoms with Crippen LogP contribution in [0.2, 0.25) is 0 Å². The van der Waals surface area contributed by atoms with E-state index >= 15 is 0 Å². The van der Waals surface area contributed by atoms with E-state index in [1.807, 2.05) is 0 Å². The van der Waals surface area contributed by atoms with Crippen LogP contribution in [0.15, 0.2) is 18.2 Å². The predicted molar refractivity (Wildman–Crippen MR) is 80.1 cm³/mol. The highest BCUT2D eigenvalue weighted by Gasteiger charge is 2.10. The van der Waals surface area contributed by atoms with Crippen LogP contribution in [0.4, 0.5) is 5.69 Å². The van der Waals surface area contributed by atoms with Crippen molar-refractivity contribution in [2.24, 2.45) is 0 Å². The second kappa shape index (κ2) is 8.43. The molecule has 0 bridgehead atoms. The predicted octanol–water partition coefficient (Wildman–Crippen LogP) is 2.17. The van der Waals surface area contributed by atoms with Gasteiger partial charge >= 0.3 is 0 Å². The molecule has 2 N–H and O–H groups in total. The number of anilines is 1. The van der Waals surface area contributed by atoms with Crippen molar-refractivity contribution >= 4 is 11.6 Å². The average molecular weight is 280 g/mol. The van der Waals surface area contributed by atoms with E-state index < -0.39 is 0 Å². The monoisotopic (exact) mass is 280 g/mol. The maximum atomic E-state index is 11.8. The molecule has 0 unspecified atom stereocenters. The van der Waals surface area contributed by atoms with Gasteiger partial charge in [0.1, 0.15) is 12.4 Å². The molecule has 0 aliphatic rings. The molecule has 0 heterocycles. The summed E-state index contributed by atoms with van der Waals surface area (Å²) in [5, 5.41) is 0. The van der Waals surface area contributed by atoms with Crippen molar-refractivity contribution in [1.29, 1.82) is 0 Å². The van der Waals surface area contributed by atoms with Gasteiger partial charge in [0.25, 0.3) is 5.91 Å². The number of nitrogens with two attached hydrogens (primary N) is 1. The van der Waals surface area contributed by atoms with E-state index in [4.69, 9.17) is 15.2 Å². The fourth-order valence-corrected chi connectivity index (χ4v) is 1.63. The number of rotatable bonds is 8. The first-order valence-electron chi connectivity index (χ1n) is 6.88. The number of ether oxygens (including phenoxy) is 2. The number of carbonyl (C=O) groups is 1. The van der Waals surface area contributed by atoms with Crippen LogP contribution in [-0.4, -0.2) is 44.7 Å². The molecular formula is C15H24N2O3. The summed E-state index contributed by atoms with van der Waals surface area (Å²) in [6.45, 7) is 3.87. The molecule has 20 heavy (non-hydrogen) atoms. The number of nitrogens with zero attached hydrogens (tertiary/aromatic N) is 1. The number of hydrogen-bond donors (Lipinski definition) is 1. The highest BCUT2D eigenvalue weighted by atomic mass is 16.5. The molecule has 0 saturated heterocycles. The molecular weight excluding hydrogens is 256 g/mol. The third kappa shape index (κ3) is 5.09. The molecule has 112 valence electrons. The first-order valence-corrected chi connectivity index (χ1v) is 6.88. The number of amides is 1. The quantitative estimate of drug-likeness (QED) is 0.585. The fourth-order valence-electron chi connectivity index (χ4n) is 1.63. The van der Waals surface area contributed by atoms with Crippen molar-refractivity contribution in [3.05, 3.63) is 23.8 Å². The Kier molecular flexibility index (Phi) is 6.87. The molecule has 1 aromatic carbocycles. The summed E-state index contributed by atoms with van der Waals surface area (Å²) in [5.41, 5.74) is 6.90. The summed E-state index contributed by atoms with van der Waals surface area (Å²) in [7, 11) is 3.41. The number of carbonyl (C=O) groups excluding carboxylic acids is 1. The lowest BCUT2D eigenvalue weighted by atomic mass is 10.1. The number of nitrogen functional groups attached to an aromatic ring is 1. The minimum atomic E-state index is -0.0776. The lowest BCUT2D eigenvalue weighted by Gasteiger charge is -2.13. The van der Waals surface area contributed by atoms with Gasteiger partial charge in [-0.1, -0.05) is 13.3 Å². The Bertz CT molecular complexity index is 433. The molecule has 1 aromatic rings. The van der Waals surface area contributed by atoms with Crippen molar-refractivity contribution in [2.45, 2.75) is 19.8 Å². The van der Waals surface area contributed by atoms with Crippen molar-refractivity contribution in [3.63, 3.8) is 0 Å². The van der Waals surface area contributed by atoms with Gasteiger partial charge in [-0.15, -0.1) is 0 Å². The molecule has 0 saturated carbocycles. The maximum absolute atomic E-state index is 11.8. The van der Waals surface area contributed by atoms with E-state index in [0.717, 1.165) is 19.4 Å². The number of unbranched alkanes of at least 4 members (excludes halogenated alkanes) is 1. The second-order valence-electron chi connectivity index (χ2n) is 4.77. The molecule has 0 atom stereocenters. The van der Waals surface area contributed by atoms with Crippen LogP contribution in [0.1, 0.15) is 30.1 Å².